The average molecular weight is 517 g/mol. The van der Waals surface area contributed by atoms with Crippen molar-refractivity contribution < 1.29 is 18.4 Å². The molecule has 3 aromatic carbocycles. The van der Waals surface area contributed by atoms with E-state index in [4.69, 9.17) is 4.43 Å². The van der Waals surface area contributed by atoms with Crippen molar-refractivity contribution in [3.8, 4) is 5.75 Å². The third-order valence-corrected chi connectivity index (χ3v) is 11.5. The zero-order valence-electron chi connectivity index (χ0n) is 21.9. The predicted octanol–water partition coefficient (Wildman–Crippen LogP) is 6.50. The maximum atomic E-state index is 13.5. The van der Waals surface area contributed by atoms with Crippen LogP contribution in [0.4, 0.5) is 10.1 Å². The highest BCUT2D eigenvalue weighted by atomic mass is 28.4. The Morgan fingerprint density at radius 2 is 1.59 bits per heavy atom. The van der Waals surface area contributed by atoms with Crippen molar-refractivity contribution in [2.24, 2.45) is 0 Å². The number of nitrogens with one attached hydrogen (secondary N) is 1. The lowest BCUT2D eigenvalue weighted by molar-refractivity contribution is -0.131. The second-order valence-electron chi connectivity index (χ2n) is 10.8. The van der Waals surface area contributed by atoms with Crippen LogP contribution in [-0.2, 0) is 9.59 Å². The van der Waals surface area contributed by atoms with Crippen molar-refractivity contribution >= 4 is 31.9 Å². The van der Waals surface area contributed by atoms with E-state index >= 15 is 0 Å². The molecule has 3 aromatic rings. The number of anilines is 1. The quantitative estimate of drug-likeness (QED) is 0.222. The van der Waals surface area contributed by atoms with Gasteiger partial charge in [0.05, 0.1) is 6.04 Å². The fourth-order valence-electron chi connectivity index (χ4n) is 3.98. The molecule has 2 atom stereocenters. The molecule has 192 valence electrons. The molecule has 1 aliphatic rings. The van der Waals surface area contributed by atoms with Gasteiger partial charge in [-0.2, -0.15) is 0 Å². The van der Waals surface area contributed by atoms with E-state index < -0.39 is 20.4 Å². The number of β-lactam (4-membered cyclic amide) rings is 1. The van der Waals surface area contributed by atoms with Crippen molar-refractivity contribution in [2.45, 2.75) is 51.0 Å². The standard InChI is InChI=1S/C30H33FN2O3Si/c1-30(2,3)37(4,5)36-25-18-12-22(13-19-25)28-27(29(35)33(28)24-16-14-23(31)15-17-24)32-26(34)20-11-21-9-7-6-8-10-21/h6-20,27-28H,1-5H3,(H,32,34)/b20-11+/t27-,28-/m1/s1. The molecule has 0 spiro atoms. The first-order valence-corrected chi connectivity index (χ1v) is 15.3. The second kappa shape index (κ2) is 10.3. The normalized spacial score (nSPS) is 18.0. The van der Waals surface area contributed by atoms with Crippen LogP contribution in [-0.4, -0.2) is 26.2 Å². The number of hydrogen-bond acceptors (Lipinski definition) is 3. The number of benzene rings is 3. The summed E-state index contributed by atoms with van der Waals surface area (Å²) in [5.74, 6) is -0.208. The number of halogens is 1. The summed E-state index contributed by atoms with van der Waals surface area (Å²) in [5.41, 5.74) is 2.31. The van der Waals surface area contributed by atoms with Gasteiger partial charge in [0, 0.05) is 11.8 Å². The highest BCUT2D eigenvalue weighted by Crippen LogP contribution is 2.41. The van der Waals surface area contributed by atoms with Gasteiger partial charge in [0.2, 0.25) is 14.2 Å². The highest BCUT2D eigenvalue weighted by Gasteiger charge is 2.49. The molecule has 4 rings (SSSR count). The van der Waals surface area contributed by atoms with E-state index in [9.17, 15) is 14.0 Å². The number of rotatable bonds is 7. The monoisotopic (exact) mass is 516 g/mol. The summed E-state index contributed by atoms with van der Waals surface area (Å²) >= 11 is 0. The van der Waals surface area contributed by atoms with E-state index in [0.29, 0.717) is 5.69 Å². The van der Waals surface area contributed by atoms with Crippen LogP contribution < -0.4 is 14.6 Å². The molecule has 0 aliphatic carbocycles. The Balaban J connectivity index is 1.57. The molecule has 1 N–H and O–H groups in total. The largest absolute Gasteiger partial charge is 0.544 e. The minimum Gasteiger partial charge on any atom is -0.544 e. The van der Waals surface area contributed by atoms with Crippen LogP contribution in [0, 0.1) is 5.82 Å². The average Bonchev–Trinajstić information content (AvgIpc) is 2.86. The summed E-state index contributed by atoms with van der Waals surface area (Å²) in [4.78, 5) is 27.5. The van der Waals surface area contributed by atoms with Crippen LogP contribution in [0.3, 0.4) is 0 Å². The van der Waals surface area contributed by atoms with Gasteiger partial charge in [-0.3, -0.25) is 9.59 Å². The Kier molecular flexibility index (Phi) is 7.36. The van der Waals surface area contributed by atoms with Gasteiger partial charge in [0.15, 0.2) is 0 Å². The number of hydrogen-bond donors (Lipinski definition) is 1. The lowest BCUT2D eigenvalue weighted by atomic mass is 9.87. The van der Waals surface area contributed by atoms with Gasteiger partial charge in [-0.25, -0.2) is 4.39 Å². The van der Waals surface area contributed by atoms with Gasteiger partial charge in [0.25, 0.3) is 5.91 Å². The number of carbonyl (C=O) groups is 2. The molecule has 2 amide bonds. The summed E-state index contributed by atoms with van der Waals surface area (Å²) in [6.07, 6.45) is 3.13. The SMILES string of the molecule is CC(C)(C)[Si](C)(C)Oc1ccc([C@@H]2[C@@H](NC(=O)/C=C/c3ccccc3)C(=O)N2c2ccc(F)cc2)cc1. The first kappa shape index (κ1) is 26.4. The zero-order valence-corrected chi connectivity index (χ0v) is 22.9. The fraction of sp³-hybridized carbons (Fsp3) is 0.267. The van der Waals surface area contributed by atoms with Crippen molar-refractivity contribution in [3.05, 3.63) is 102 Å². The smallest absolute Gasteiger partial charge is 0.252 e. The van der Waals surface area contributed by atoms with Crippen LogP contribution in [0.5, 0.6) is 5.75 Å². The number of nitrogens with zero attached hydrogens (tertiary/aromatic N) is 1. The van der Waals surface area contributed by atoms with Gasteiger partial charge in [-0.1, -0.05) is 63.2 Å². The summed E-state index contributed by atoms with van der Waals surface area (Å²) in [6, 6.07) is 21.8. The van der Waals surface area contributed by atoms with E-state index in [1.165, 1.54) is 18.2 Å². The van der Waals surface area contributed by atoms with Crippen LogP contribution >= 0.6 is 0 Å². The first-order valence-electron chi connectivity index (χ1n) is 12.4. The molecular weight excluding hydrogens is 483 g/mol. The molecule has 0 unspecified atom stereocenters. The lowest BCUT2D eigenvalue weighted by Gasteiger charge is -2.47. The Labute approximate surface area is 219 Å². The molecule has 7 heteroatoms. The van der Waals surface area contributed by atoms with Crippen LogP contribution in [0.2, 0.25) is 18.1 Å². The summed E-state index contributed by atoms with van der Waals surface area (Å²) < 4.78 is 19.9. The van der Waals surface area contributed by atoms with E-state index in [0.717, 1.165) is 16.9 Å². The number of amides is 2. The van der Waals surface area contributed by atoms with E-state index in [1.54, 1.807) is 23.1 Å². The Hall–Kier alpha value is -3.71. The molecule has 0 bridgehead atoms. The topological polar surface area (TPSA) is 58.6 Å². The number of carbonyl (C=O) groups excluding carboxylic acids is 2. The second-order valence-corrected chi connectivity index (χ2v) is 15.5. The van der Waals surface area contributed by atoms with Crippen LogP contribution in [0.15, 0.2) is 84.9 Å². The van der Waals surface area contributed by atoms with Gasteiger partial charge < -0.3 is 14.6 Å². The molecule has 1 aliphatic heterocycles. The highest BCUT2D eigenvalue weighted by molar-refractivity contribution is 6.74. The Morgan fingerprint density at radius 1 is 0.973 bits per heavy atom. The minimum atomic E-state index is -2.00. The molecule has 1 saturated heterocycles. The van der Waals surface area contributed by atoms with E-state index in [2.05, 4.69) is 39.2 Å². The van der Waals surface area contributed by atoms with Crippen molar-refractivity contribution in [1.29, 1.82) is 0 Å². The van der Waals surface area contributed by atoms with Gasteiger partial charge >= 0.3 is 0 Å². The fourth-order valence-corrected chi connectivity index (χ4v) is 5.01. The first-order chi connectivity index (χ1) is 17.5. The molecule has 0 aromatic heterocycles. The van der Waals surface area contributed by atoms with Gasteiger partial charge in [-0.15, -0.1) is 0 Å². The predicted molar refractivity (Wildman–Crippen MR) is 148 cm³/mol. The molecule has 1 heterocycles. The summed E-state index contributed by atoms with van der Waals surface area (Å²) in [7, 11) is -2.00. The zero-order chi connectivity index (χ0) is 26.8. The lowest BCUT2D eigenvalue weighted by Crippen LogP contribution is -2.65. The maximum Gasteiger partial charge on any atom is 0.252 e. The Morgan fingerprint density at radius 3 is 2.19 bits per heavy atom. The van der Waals surface area contributed by atoms with Gasteiger partial charge in [0.1, 0.15) is 17.6 Å². The van der Waals surface area contributed by atoms with E-state index in [1.807, 2.05) is 54.6 Å². The molecule has 0 radical (unpaired) electrons. The molecule has 1 fully saturated rings. The molecular formula is C30H33FN2O3Si. The third-order valence-electron chi connectivity index (χ3n) is 7.13. The molecule has 5 nitrogen and oxygen atoms in total. The summed E-state index contributed by atoms with van der Waals surface area (Å²) in [6.45, 7) is 10.9. The third kappa shape index (κ3) is 5.83. The van der Waals surface area contributed by atoms with Crippen LogP contribution in [0.1, 0.15) is 37.9 Å². The molecule has 0 saturated carbocycles. The Bertz CT molecular complexity index is 1280. The maximum absolute atomic E-state index is 13.5. The van der Waals surface area contributed by atoms with Crippen molar-refractivity contribution in [1.82, 2.24) is 5.32 Å². The minimum absolute atomic E-state index is 0.0636. The van der Waals surface area contributed by atoms with Crippen molar-refractivity contribution in [3.63, 3.8) is 0 Å². The molecule has 37 heavy (non-hydrogen) atoms. The summed E-state index contributed by atoms with van der Waals surface area (Å²) in [5, 5.41) is 2.92. The van der Waals surface area contributed by atoms with Gasteiger partial charge in [-0.05, 0) is 71.7 Å². The van der Waals surface area contributed by atoms with Crippen molar-refractivity contribution in [2.75, 3.05) is 4.90 Å². The van der Waals surface area contributed by atoms with E-state index in [-0.39, 0.29) is 22.7 Å². The van der Waals surface area contributed by atoms with Crippen LogP contribution in [0.25, 0.3) is 6.08 Å².